The van der Waals surface area contributed by atoms with Crippen molar-refractivity contribution in [2.75, 3.05) is 13.1 Å². The molecule has 70 valence electrons. The van der Waals surface area contributed by atoms with Crippen LogP contribution in [0.15, 0.2) is 0 Å². The zero-order chi connectivity index (χ0) is 8.60. The first-order valence-electron chi connectivity index (χ1n) is 5.50. The third kappa shape index (κ3) is 1.02. The summed E-state index contributed by atoms with van der Waals surface area (Å²) < 4.78 is 0. The summed E-state index contributed by atoms with van der Waals surface area (Å²) in [5.41, 5.74) is 0.764. The number of hydrogen-bond donors (Lipinski definition) is 1. The molecule has 0 radical (unpaired) electrons. The van der Waals surface area contributed by atoms with E-state index >= 15 is 0 Å². The molecule has 1 saturated carbocycles. The van der Waals surface area contributed by atoms with Crippen molar-refractivity contribution in [1.29, 1.82) is 0 Å². The molecule has 1 aliphatic carbocycles. The van der Waals surface area contributed by atoms with E-state index in [9.17, 15) is 0 Å². The zero-order valence-corrected chi connectivity index (χ0v) is 8.40. The van der Waals surface area contributed by atoms with E-state index in [0.717, 1.165) is 17.3 Å². The van der Waals surface area contributed by atoms with E-state index < -0.39 is 0 Å². The van der Waals surface area contributed by atoms with E-state index in [2.05, 4.69) is 19.2 Å². The maximum atomic E-state index is 3.56. The van der Waals surface area contributed by atoms with Gasteiger partial charge in [-0.3, -0.25) is 0 Å². The summed E-state index contributed by atoms with van der Waals surface area (Å²) >= 11 is 0. The second kappa shape index (κ2) is 3.02. The topological polar surface area (TPSA) is 12.0 Å². The lowest BCUT2D eigenvalue weighted by atomic mass is 9.53. The Hall–Kier alpha value is -0.0400. The van der Waals surface area contributed by atoms with E-state index in [0.29, 0.717) is 0 Å². The molecule has 2 atom stereocenters. The van der Waals surface area contributed by atoms with Crippen LogP contribution >= 0.6 is 0 Å². The first kappa shape index (κ1) is 8.55. The predicted octanol–water partition coefficient (Wildman–Crippen LogP) is 2.42. The summed E-state index contributed by atoms with van der Waals surface area (Å²) in [4.78, 5) is 0. The minimum atomic E-state index is 0.764. The molecule has 2 aliphatic rings. The predicted molar refractivity (Wildman–Crippen MR) is 52.1 cm³/mol. The molecule has 1 heteroatoms. The van der Waals surface area contributed by atoms with Crippen LogP contribution in [0.1, 0.15) is 39.5 Å². The summed E-state index contributed by atoms with van der Waals surface area (Å²) in [5, 5.41) is 3.56. The Morgan fingerprint density at radius 2 is 2.08 bits per heavy atom. The zero-order valence-electron chi connectivity index (χ0n) is 8.40. The van der Waals surface area contributed by atoms with Gasteiger partial charge in [0, 0.05) is 0 Å². The van der Waals surface area contributed by atoms with Gasteiger partial charge in [-0.1, -0.05) is 26.7 Å². The van der Waals surface area contributed by atoms with Gasteiger partial charge in [-0.2, -0.15) is 0 Å². The molecule has 1 N–H and O–H groups in total. The number of rotatable bonds is 1. The summed E-state index contributed by atoms with van der Waals surface area (Å²) in [7, 11) is 0. The van der Waals surface area contributed by atoms with Crippen molar-refractivity contribution < 1.29 is 0 Å². The van der Waals surface area contributed by atoms with Gasteiger partial charge < -0.3 is 5.32 Å². The Morgan fingerprint density at radius 3 is 2.50 bits per heavy atom. The van der Waals surface area contributed by atoms with E-state index in [1.165, 1.54) is 38.8 Å². The molecule has 1 aliphatic heterocycles. The monoisotopic (exact) mass is 167 g/mol. The lowest BCUT2D eigenvalue weighted by Crippen LogP contribution is -2.54. The second-order valence-corrected chi connectivity index (χ2v) is 4.75. The van der Waals surface area contributed by atoms with Crippen molar-refractivity contribution in [3.8, 4) is 0 Å². The number of nitrogens with one attached hydrogen (secondary N) is 1. The fourth-order valence-electron chi connectivity index (χ4n) is 3.32. The molecule has 2 fully saturated rings. The van der Waals surface area contributed by atoms with Crippen molar-refractivity contribution in [3.63, 3.8) is 0 Å². The third-order valence-corrected chi connectivity index (χ3v) is 4.41. The average molecular weight is 167 g/mol. The lowest BCUT2D eigenvalue weighted by Gasteiger charge is -2.55. The average Bonchev–Trinajstić information content (AvgIpc) is 2.00. The van der Waals surface area contributed by atoms with Crippen LogP contribution in [0.3, 0.4) is 0 Å². The largest absolute Gasteiger partial charge is 0.316 e. The quantitative estimate of drug-likeness (QED) is 0.632. The van der Waals surface area contributed by atoms with Crippen LogP contribution in [0.2, 0.25) is 0 Å². The highest BCUT2D eigenvalue weighted by atomic mass is 14.9. The summed E-state index contributed by atoms with van der Waals surface area (Å²) in [5.74, 6) is 1.89. The first-order valence-corrected chi connectivity index (χ1v) is 5.50. The normalized spacial score (nSPS) is 39.5. The van der Waals surface area contributed by atoms with Crippen molar-refractivity contribution in [2.24, 2.45) is 17.3 Å². The molecule has 1 saturated heterocycles. The van der Waals surface area contributed by atoms with Crippen LogP contribution in [0, 0.1) is 17.3 Å². The highest BCUT2D eigenvalue weighted by Gasteiger charge is 2.48. The molecule has 0 aromatic rings. The van der Waals surface area contributed by atoms with E-state index in [4.69, 9.17) is 0 Å². The molecule has 1 spiro atoms. The van der Waals surface area contributed by atoms with Crippen molar-refractivity contribution >= 4 is 0 Å². The standard InChI is InChI=1S/C11H21N/c1-3-10-8-12-7-9(2)11(10)5-4-6-11/h9-10,12H,3-8H2,1-2H3. The van der Waals surface area contributed by atoms with Crippen molar-refractivity contribution in [1.82, 2.24) is 5.32 Å². The van der Waals surface area contributed by atoms with E-state index in [1.807, 2.05) is 0 Å². The van der Waals surface area contributed by atoms with E-state index in [-0.39, 0.29) is 0 Å². The second-order valence-electron chi connectivity index (χ2n) is 4.75. The molecule has 1 nitrogen and oxygen atoms in total. The highest BCUT2D eigenvalue weighted by Crippen LogP contribution is 2.54. The van der Waals surface area contributed by atoms with Gasteiger partial charge in [0.2, 0.25) is 0 Å². The Bertz CT molecular complexity index is 160. The third-order valence-electron chi connectivity index (χ3n) is 4.41. The van der Waals surface area contributed by atoms with E-state index in [1.54, 1.807) is 0 Å². The molecule has 0 aromatic heterocycles. The number of piperidine rings is 1. The van der Waals surface area contributed by atoms with Crippen LogP contribution in [-0.4, -0.2) is 13.1 Å². The number of hydrogen-bond acceptors (Lipinski definition) is 1. The summed E-state index contributed by atoms with van der Waals surface area (Å²) in [6.07, 6.45) is 5.88. The van der Waals surface area contributed by atoms with Crippen LogP contribution in [0.5, 0.6) is 0 Å². The van der Waals surface area contributed by atoms with Gasteiger partial charge in [0.1, 0.15) is 0 Å². The maximum Gasteiger partial charge on any atom is -0.00151 e. The molecule has 2 rings (SSSR count). The highest BCUT2D eigenvalue weighted by molar-refractivity contribution is 5.00. The lowest BCUT2D eigenvalue weighted by molar-refractivity contribution is -0.0344. The van der Waals surface area contributed by atoms with Gasteiger partial charge >= 0.3 is 0 Å². The van der Waals surface area contributed by atoms with Gasteiger partial charge in [-0.05, 0) is 43.2 Å². The molecule has 2 unspecified atom stereocenters. The van der Waals surface area contributed by atoms with Crippen molar-refractivity contribution in [3.05, 3.63) is 0 Å². The van der Waals surface area contributed by atoms with Gasteiger partial charge in [0.25, 0.3) is 0 Å². The smallest absolute Gasteiger partial charge is 0.00151 e. The molecule has 0 bridgehead atoms. The summed E-state index contributed by atoms with van der Waals surface area (Å²) in [6, 6.07) is 0. The fourth-order valence-corrected chi connectivity index (χ4v) is 3.32. The molecule has 0 amide bonds. The molecule has 0 aromatic carbocycles. The fraction of sp³-hybridized carbons (Fsp3) is 1.00. The minimum Gasteiger partial charge on any atom is -0.316 e. The Kier molecular flexibility index (Phi) is 2.16. The molecular weight excluding hydrogens is 146 g/mol. The Morgan fingerprint density at radius 1 is 1.33 bits per heavy atom. The first-order chi connectivity index (χ1) is 5.79. The van der Waals surface area contributed by atoms with Crippen molar-refractivity contribution in [2.45, 2.75) is 39.5 Å². The van der Waals surface area contributed by atoms with Gasteiger partial charge in [0.15, 0.2) is 0 Å². The van der Waals surface area contributed by atoms with Gasteiger partial charge in [0.05, 0.1) is 0 Å². The van der Waals surface area contributed by atoms with Gasteiger partial charge in [-0.15, -0.1) is 0 Å². The van der Waals surface area contributed by atoms with Crippen LogP contribution in [0.4, 0.5) is 0 Å². The van der Waals surface area contributed by atoms with Crippen LogP contribution in [-0.2, 0) is 0 Å². The SMILES string of the molecule is CCC1CNCC(C)C12CCC2. The Labute approximate surface area is 75.9 Å². The minimum absolute atomic E-state index is 0.764. The summed E-state index contributed by atoms with van der Waals surface area (Å²) in [6.45, 7) is 7.33. The Balaban J connectivity index is 2.11. The molecule has 1 heterocycles. The van der Waals surface area contributed by atoms with Crippen LogP contribution in [0.25, 0.3) is 0 Å². The van der Waals surface area contributed by atoms with Gasteiger partial charge in [-0.25, -0.2) is 0 Å². The molecule has 12 heavy (non-hydrogen) atoms. The maximum absolute atomic E-state index is 3.56. The molecular formula is C11H21N. The van der Waals surface area contributed by atoms with Crippen LogP contribution < -0.4 is 5.32 Å².